The summed E-state index contributed by atoms with van der Waals surface area (Å²) in [6.45, 7) is 1.89. The fraction of sp³-hybridized carbons (Fsp3) is 0.158. The summed E-state index contributed by atoms with van der Waals surface area (Å²) in [5, 5.41) is 0. The van der Waals surface area contributed by atoms with E-state index in [2.05, 4.69) is 10.9 Å². The van der Waals surface area contributed by atoms with Gasteiger partial charge in [-0.05, 0) is 42.8 Å². The van der Waals surface area contributed by atoms with Gasteiger partial charge in [0.15, 0.2) is 11.5 Å². The number of hydrogen-bond donors (Lipinski definition) is 2. The first-order chi connectivity index (χ1) is 12.0. The zero-order valence-corrected chi connectivity index (χ0v) is 14.3. The summed E-state index contributed by atoms with van der Waals surface area (Å²) in [5.74, 6) is 0.347. The zero-order valence-electron chi connectivity index (χ0n) is 14.3. The first kappa shape index (κ1) is 18.1. The van der Waals surface area contributed by atoms with Gasteiger partial charge in [-0.2, -0.15) is 0 Å². The molecule has 0 saturated carbocycles. The van der Waals surface area contributed by atoms with Crippen molar-refractivity contribution in [2.45, 2.75) is 6.92 Å². The lowest BCUT2D eigenvalue weighted by Crippen LogP contribution is -2.40. The molecule has 0 aliphatic rings. The summed E-state index contributed by atoms with van der Waals surface area (Å²) in [5.41, 5.74) is 6.91. The van der Waals surface area contributed by atoms with Crippen molar-refractivity contribution >= 4 is 17.9 Å². The molecule has 0 saturated heterocycles. The van der Waals surface area contributed by atoms with E-state index in [1.807, 2.05) is 13.0 Å². The van der Waals surface area contributed by atoms with Crippen LogP contribution in [0.1, 0.15) is 21.5 Å². The molecule has 6 heteroatoms. The maximum absolute atomic E-state index is 11.9. The fourth-order valence-corrected chi connectivity index (χ4v) is 2.15. The van der Waals surface area contributed by atoms with Gasteiger partial charge in [0, 0.05) is 11.6 Å². The highest BCUT2D eigenvalue weighted by molar-refractivity contribution is 5.98. The molecule has 0 aliphatic carbocycles. The van der Waals surface area contributed by atoms with Gasteiger partial charge in [-0.1, -0.05) is 23.8 Å². The summed E-state index contributed by atoms with van der Waals surface area (Å²) in [6, 6.07) is 12.4. The van der Waals surface area contributed by atoms with Crippen LogP contribution in [0.2, 0.25) is 0 Å². The summed E-state index contributed by atoms with van der Waals surface area (Å²) >= 11 is 0. The third kappa shape index (κ3) is 5.10. The largest absolute Gasteiger partial charge is 0.493 e. The molecule has 0 spiro atoms. The Labute approximate surface area is 146 Å². The number of aryl methyl sites for hydroxylation is 1. The van der Waals surface area contributed by atoms with Crippen LogP contribution in [0, 0.1) is 6.92 Å². The maximum atomic E-state index is 11.9. The molecule has 2 rings (SSSR count). The number of amides is 2. The molecule has 0 heterocycles. The summed E-state index contributed by atoms with van der Waals surface area (Å²) < 4.78 is 10.4. The Morgan fingerprint density at radius 3 is 2.40 bits per heavy atom. The predicted octanol–water partition coefficient (Wildman–Crippen LogP) is 2.49. The van der Waals surface area contributed by atoms with Crippen molar-refractivity contribution in [2.75, 3.05) is 14.2 Å². The van der Waals surface area contributed by atoms with Crippen molar-refractivity contribution in [1.29, 1.82) is 0 Å². The van der Waals surface area contributed by atoms with Crippen molar-refractivity contribution in [2.24, 2.45) is 0 Å². The van der Waals surface area contributed by atoms with E-state index in [-0.39, 0.29) is 5.91 Å². The van der Waals surface area contributed by atoms with Gasteiger partial charge in [-0.3, -0.25) is 20.4 Å². The molecule has 2 N–H and O–H groups in total. The van der Waals surface area contributed by atoms with Crippen molar-refractivity contribution in [1.82, 2.24) is 10.9 Å². The molecule has 0 aliphatic heterocycles. The number of hydrazine groups is 1. The minimum Gasteiger partial charge on any atom is -0.493 e. The first-order valence-electron chi connectivity index (χ1n) is 7.60. The van der Waals surface area contributed by atoms with Gasteiger partial charge < -0.3 is 9.47 Å². The Balaban J connectivity index is 1.93. The number of rotatable bonds is 5. The first-order valence-corrected chi connectivity index (χ1v) is 7.60. The van der Waals surface area contributed by atoms with Crippen LogP contribution in [0.15, 0.2) is 48.5 Å². The second kappa shape index (κ2) is 8.54. The minimum atomic E-state index is -0.448. The standard InChI is InChI=1S/C19H20N2O4/c1-13-5-4-6-15(11-13)19(23)21-20-18(22)10-8-14-7-9-16(24-2)17(12-14)25-3/h4-12H,1-3H3,(H,20,22)(H,21,23)/b10-8+. The average molecular weight is 340 g/mol. The van der Waals surface area contributed by atoms with Crippen LogP contribution in [0.4, 0.5) is 0 Å². The number of methoxy groups -OCH3 is 2. The maximum Gasteiger partial charge on any atom is 0.269 e. The van der Waals surface area contributed by atoms with Gasteiger partial charge in [-0.25, -0.2) is 0 Å². The van der Waals surface area contributed by atoms with Crippen LogP contribution >= 0.6 is 0 Å². The lowest BCUT2D eigenvalue weighted by Gasteiger charge is -2.08. The summed E-state index contributed by atoms with van der Waals surface area (Å²) in [7, 11) is 3.09. The van der Waals surface area contributed by atoms with Crippen LogP contribution in [-0.2, 0) is 4.79 Å². The molecule has 130 valence electrons. The highest BCUT2D eigenvalue weighted by Crippen LogP contribution is 2.27. The SMILES string of the molecule is COc1ccc(/C=C/C(=O)NNC(=O)c2cccc(C)c2)cc1OC. The van der Waals surface area contributed by atoms with Crippen LogP contribution in [0.25, 0.3) is 6.08 Å². The molecule has 0 atom stereocenters. The molecule has 6 nitrogen and oxygen atoms in total. The van der Waals surface area contributed by atoms with E-state index in [4.69, 9.17) is 9.47 Å². The smallest absolute Gasteiger partial charge is 0.269 e. The third-order valence-electron chi connectivity index (χ3n) is 3.41. The van der Waals surface area contributed by atoms with E-state index in [1.54, 1.807) is 56.7 Å². The molecule has 0 fully saturated rings. The number of carbonyl (C=O) groups is 2. The van der Waals surface area contributed by atoms with Crippen molar-refractivity contribution in [3.05, 3.63) is 65.2 Å². The molecule has 0 bridgehead atoms. The van der Waals surface area contributed by atoms with Gasteiger partial charge in [0.1, 0.15) is 0 Å². The Bertz CT molecular complexity index is 800. The highest BCUT2D eigenvalue weighted by Gasteiger charge is 2.06. The lowest BCUT2D eigenvalue weighted by atomic mass is 10.1. The van der Waals surface area contributed by atoms with E-state index in [0.717, 1.165) is 11.1 Å². The second-order valence-corrected chi connectivity index (χ2v) is 5.26. The molecular formula is C19H20N2O4. The normalized spacial score (nSPS) is 10.4. The molecule has 2 aromatic rings. The number of ether oxygens (including phenoxy) is 2. The summed E-state index contributed by atoms with van der Waals surface area (Å²) in [4.78, 5) is 23.8. The number of hydrogen-bond acceptors (Lipinski definition) is 4. The molecule has 2 amide bonds. The van der Waals surface area contributed by atoms with E-state index >= 15 is 0 Å². The fourth-order valence-electron chi connectivity index (χ4n) is 2.15. The Morgan fingerprint density at radius 2 is 1.72 bits per heavy atom. The van der Waals surface area contributed by atoms with Gasteiger partial charge in [-0.15, -0.1) is 0 Å². The third-order valence-corrected chi connectivity index (χ3v) is 3.41. The quantitative estimate of drug-likeness (QED) is 0.648. The van der Waals surface area contributed by atoms with Crippen LogP contribution < -0.4 is 20.3 Å². The van der Waals surface area contributed by atoms with E-state index in [9.17, 15) is 9.59 Å². The van der Waals surface area contributed by atoms with Gasteiger partial charge in [0.05, 0.1) is 14.2 Å². The highest BCUT2D eigenvalue weighted by atomic mass is 16.5. The lowest BCUT2D eigenvalue weighted by molar-refractivity contribution is -0.117. The van der Waals surface area contributed by atoms with Gasteiger partial charge >= 0.3 is 0 Å². The van der Waals surface area contributed by atoms with Crippen LogP contribution in [0.3, 0.4) is 0 Å². The van der Waals surface area contributed by atoms with Crippen LogP contribution in [0.5, 0.6) is 11.5 Å². The number of nitrogens with one attached hydrogen (secondary N) is 2. The summed E-state index contributed by atoms with van der Waals surface area (Å²) in [6.07, 6.45) is 2.92. The van der Waals surface area contributed by atoms with E-state index in [1.165, 1.54) is 6.08 Å². The van der Waals surface area contributed by atoms with Crippen molar-refractivity contribution < 1.29 is 19.1 Å². The molecule has 25 heavy (non-hydrogen) atoms. The average Bonchev–Trinajstić information content (AvgIpc) is 2.64. The van der Waals surface area contributed by atoms with Crippen LogP contribution in [-0.4, -0.2) is 26.0 Å². The van der Waals surface area contributed by atoms with E-state index in [0.29, 0.717) is 17.1 Å². The Kier molecular flexibility index (Phi) is 6.17. The zero-order chi connectivity index (χ0) is 18.2. The van der Waals surface area contributed by atoms with E-state index < -0.39 is 5.91 Å². The molecule has 0 unspecified atom stereocenters. The van der Waals surface area contributed by atoms with Crippen molar-refractivity contribution in [3.8, 4) is 11.5 Å². The predicted molar refractivity (Wildman–Crippen MR) is 95.4 cm³/mol. The topological polar surface area (TPSA) is 76.7 Å². The Morgan fingerprint density at radius 1 is 0.960 bits per heavy atom. The number of benzene rings is 2. The van der Waals surface area contributed by atoms with Gasteiger partial charge in [0.25, 0.3) is 11.8 Å². The minimum absolute atomic E-state index is 0.378. The molecule has 0 aromatic heterocycles. The monoisotopic (exact) mass is 340 g/mol. The second-order valence-electron chi connectivity index (χ2n) is 5.26. The molecule has 0 radical (unpaired) electrons. The molecule has 2 aromatic carbocycles. The number of carbonyl (C=O) groups excluding carboxylic acids is 2. The van der Waals surface area contributed by atoms with Gasteiger partial charge in [0.2, 0.25) is 0 Å². The Hall–Kier alpha value is -3.28. The van der Waals surface area contributed by atoms with Crippen molar-refractivity contribution in [3.63, 3.8) is 0 Å². The molecular weight excluding hydrogens is 320 g/mol.